The maximum absolute atomic E-state index is 12.6. The van der Waals surface area contributed by atoms with Gasteiger partial charge in [0.25, 0.3) is 0 Å². The summed E-state index contributed by atoms with van der Waals surface area (Å²) in [5, 5.41) is 18.9. The van der Waals surface area contributed by atoms with Crippen LogP contribution in [0.15, 0.2) is 0 Å². The first kappa shape index (κ1) is 15.1. The van der Waals surface area contributed by atoms with Crippen molar-refractivity contribution in [2.24, 2.45) is 0 Å². The van der Waals surface area contributed by atoms with E-state index in [2.05, 4.69) is 6.92 Å². The van der Waals surface area contributed by atoms with Crippen molar-refractivity contribution in [3.8, 4) is 0 Å². The van der Waals surface area contributed by atoms with Gasteiger partial charge in [-0.2, -0.15) is 0 Å². The van der Waals surface area contributed by atoms with Gasteiger partial charge in [0.15, 0.2) is 0 Å². The van der Waals surface area contributed by atoms with E-state index in [0.717, 1.165) is 32.1 Å². The molecule has 0 radical (unpaired) electrons. The number of carbonyl (C=O) groups is 2. The van der Waals surface area contributed by atoms with Gasteiger partial charge in [0, 0.05) is 25.6 Å². The summed E-state index contributed by atoms with van der Waals surface area (Å²) >= 11 is 0. The van der Waals surface area contributed by atoms with E-state index in [4.69, 9.17) is 0 Å². The highest BCUT2D eigenvalue weighted by atomic mass is 16.4. The van der Waals surface area contributed by atoms with Gasteiger partial charge >= 0.3 is 12.0 Å². The van der Waals surface area contributed by atoms with Crippen molar-refractivity contribution >= 4 is 12.0 Å². The average molecular weight is 284 g/mol. The van der Waals surface area contributed by atoms with E-state index >= 15 is 0 Å². The normalized spacial score (nSPS) is 30.6. The van der Waals surface area contributed by atoms with Gasteiger partial charge in [-0.1, -0.05) is 13.3 Å². The number of piperidine rings is 1. The first-order chi connectivity index (χ1) is 9.54. The molecule has 0 bridgehead atoms. The van der Waals surface area contributed by atoms with Crippen LogP contribution in [-0.4, -0.2) is 63.3 Å². The lowest BCUT2D eigenvalue weighted by atomic mass is 9.98. The summed E-state index contributed by atoms with van der Waals surface area (Å²) in [6, 6.07) is -0.887. The smallest absolute Gasteiger partial charge is 0.326 e. The summed E-state index contributed by atoms with van der Waals surface area (Å²) in [5.41, 5.74) is 0. The molecule has 1 unspecified atom stereocenters. The maximum atomic E-state index is 12.6. The third-order valence-corrected chi connectivity index (χ3v) is 4.30. The Balaban J connectivity index is 2.09. The third kappa shape index (κ3) is 3.06. The van der Waals surface area contributed by atoms with Crippen LogP contribution < -0.4 is 0 Å². The van der Waals surface area contributed by atoms with Crippen LogP contribution in [0.1, 0.15) is 45.4 Å². The van der Waals surface area contributed by atoms with E-state index in [1.165, 1.54) is 4.90 Å². The van der Waals surface area contributed by atoms with E-state index in [0.29, 0.717) is 6.54 Å². The number of likely N-dealkylation sites (tertiary alicyclic amines) is 2. The predicted octanol–water partition coefficient (Wildman–Crippen LogP) is 1.28. The first-order valence-corrected chi connectivity index (χ1v) is 7.52. The predicted molar refractivity (Wildman–Crippen MR) is 73.4 cm³/mol. The van der Waals surface area contributed by atoms with E-state index in [9.17, 15) is 19.8 Å². The zero-order valence-corrected chi connectivity index (χ0v) is 12.0. The first-order valence-electron chi connectivity index (χ1n) is 7.52. The number of carboxylic acids is 1. The molecular weight excluding hydrogens is 260 g/mol. The monoisotopic (exact) mass is 284 g/mol. The molecule has 114 valence electrons. The molecule has 2 aliphatic heterocycles. The van der Waals surface area contributed by atoms with Crippen LogP contribution in [0.3, 0.4) is 0 Å². The number of nitrogens with zero attached hydrogens (tertiary/aromatic N) is 2. The number of aliphatic hydroxyl groups is 1. The van der Waals surface area contributed by atoms with Crippen LogP contribution >= 0.6 is 0 Å². The Kier molecular flexibility index (Phi) is 4.86. The molecular formula is C14H24N2O4. The number of aliphatic hydroxyl groups excluding tert-OH is 1. The number of carboxylic acid groups (broad SMARTS) is 1. The van der Waals surface area contributed by atoms with Crippen molar-refractivity contribution in [3.63, 3.8) is 0 Å². The van der Waals surface area contributed by atoms with E-state index in [1.807, 2.05) is 4.90 Å². The Labute approximate surface area is 119 Å². The highest BCUT2D eigenvalue weighted by molar-refractivity contribution is 5.83. The third-order valence-electron chi connectivity index (χ3n) is 4.30. The van der Waals surface area contributed by atoms with Gasteiger partial charge < -0.3 is 20.0 Å². The molecule has 20 heavy (non-hydrogen) atoms. The van der Waals surface area contributed by atoms with Crippen LogP contribution in [0, 0.1) is 0 Å². The largest absolute Gasteiger partial charge is 0.480 e. The minimum Gasteiger partial charge on any atom is -0.480 e. The highest BCUT2D eigenvalue weighted by Gasteiger charge is 2.42. The number of hydrogen-bond donors (Lipinski definition) is 2. The summed E-state index contributed by atoms with van der Waals surface area (Å²) in [4.78, 5) is 27.0. The molecule has 0 saturated carbocycles. The second-order valence-electron chi connectivity index (χ2n) is 5.81. The van der Waals surface area contributed by atoms with E-state index in [-0.39, 0.29) is 25.0 Å². The Hall–Kier alpha value is -1.30. The molecule has 0 spiro atoms. The zero-order valence-electron chi connectivity index (χ0n) is 12.0. The Morgan fingerprint density at radius 2 is 2.00 bits per heavy atom. The molecule has 6 heteroatoms. The molecule has 2 N–H and O–H groups in total. The van der Waals surface area contributed by atoms with Crippen molar-refractivity contribution in [3.05, 3.63) is 0 Å². The summed E-state index contributed by atoms with van der Waals surface area (Å²) in [6.07, 6.45) is 4.47. The molecule has 2 saturated heterocycles. The van der Waals surface area contributed by atoms with Crippen molar-refractivity contribution in [2.75, 3.05) is 13.1 Å². The minimum absolute atomic E-state index is 0.130. The van der Waals surface area contributed by atoms with Gasteiger partial charge in [0.05, 0.1) is 6.10 Å². The van der Waals surface area contributed by atoms with Gasteiger partial charge in [0.1, 0.15) is 6.04 Å². The molecule has 0 aromatic heterocycles. The van der Waals surface area contributed by atoms with Crippen molar-refractivity contribution in [1.29, 1.82) is 0 Å². The van der Waals surface area contributed by atoms with Gasteiger partial charge in [-0.3, -0.25) is 0 Å². The van der Waals surface area contributed by atoms with Gasteiger partial charge in [-0.05, 0) is 25.7 Å². The van der Waals surface area contributed by atoms with Gasteiger partial charge in [-0.25, -0.2) is 9.59 Å². The number of amides is 2. The van der Waals surface area contributed by atoms with Crippen molar-refractivity contribution in [2.45, 2.75) is 63.6 Å². The Morgan fingerprint density at radius 1 is 1.25 bits per heavy atom. The molecule has 2 aliphatic rings. The number of rotatable bonds is 3. The fraction of sp³-hybridized carbons (Fsp3) is 0.857. The molecule has 6 nitrogen and oxygen atoms in total. The lowest BCUT2D eigenvalue weighted by molar-refractivity contribution is -0.141. The second kappa shape index (κ2) is 6.43. The molecule has 2 heterocycles. The summed E-state index contributed by atoms with van der Waals surface area (Å²) in [6.45, 7) is 2.92. The van der Waals surface area contributed by atoms with Crippen LogP contribution in [-0.2, 0) is 4.79 Å². The number of hydrogen-bond acceptors (Lipinski definition) is 3. The van der Waals surface area contributed by atoms with Crippen LogP contribution in [0.5, 0.6) is 0 Å². The topological polar surface area (TPSA) is 81.1 Å². The van der Waals surface area contributed by atoms with Gasteiger partial charge in [0.2, 0.25) is 0 Å². The number of β-amino-alcohol motifs (C(OH)–C–C–N with tert-alkyl or cyclic N) is 1. The number of urea groups is 1. The number of aliphatic carboxylic acids is 1. The summed E-state index contributed by atoms with van der Waals surface area (Å²) < 4.78 is 0. The maximum Gasteiger partial charge on any atom is 0.326 e. The highest BCUT2D eigenvalue weighted by Crippen LogP contribution is 2.26. The lowest BCUT2D eigenvalue weighted by Crippen LogP contribution is -2.53. The molecule has 2 rings (SSSR count). The van der Waals surface area contributed by atoms with Crippen LogP contribution in [0.25, 0.3) is 0 Å². The van der Waals surface area contributed by atoms with Crippen molar-refractivity contribution in [1.82, 2.24) is 9.80 Å². The molecule has 0 aliphatic carbocycles. The average Bonchev–Trinajstić information content (AvgIpc) is 2.81. The quantitative estimate of drug-likeness (QED) is 0.818. The fourth-order valence-corrected chi connectivity index (χ4v) is 3.31. The zero-order chi connectivity index (χ0) is 14.7. The molecule has 3 atom stereocenters. The Bertz CT molecular complexity index is 372. The van der Waals surface area contributed by atoms with Crippen molar-refractivity contribution < 1.29 is 19.8 Å². The summed E-state index contributed by atoms with van der Waals surface area (Å²) in [7, 11) is 0. The SMILES string of the molecule is CCCC1CCCCN1C(=O)N1C[C@@H](O)C[C@H]1C(=O)O. The molecule has 2 fully saturated rings. The molecule has 0 aromatic rings. The molecule has 0 aromatic carbocycles. The fourth-order valence-electron chi connectivity index (χ4n) is 3.31. The van der Waals surface area contributed by atoms with E-state index < -0.39 is 18.1 Å². The van der Waals surface area contributed by atoms with E-state index in [1.54, 1.807) is 0 Å². The Morgan fingerprint density at radius 3 is 2.65 bits per heavy atom. The van der Waals surface area contributed by atoms with Crippen LogP contribution in [0.2, 0.25) is 0 Å². The minimum atomic E-state index is -1.03. The number of carbonyl (C=O) groups excluding carboxylic acids is 1. The standard InChI is InChI=1S/C14H24N2O4/c1-2-5-10-6-3-4-7-15(10)14(20)16-9-11(17)8-12(16)13(18)19/h10-12,17H,2-9H2,1H3,(H,18,19)/t10?,11-,12-/m0/s1. The van der Waals surface area contributed by atoms with Gasteiger partial charge in [-0.15, -0.1) is 0 Å². The van der Waals surface area contributed by atoms with Crippen LogP contribution in [0.4, 0.5) is 4.79 Å². The second-order valence-corrected chi connectivity index (χ2v) is 5.81. The lowest BCUT2D eigenvalue weighted by Gasteiger charge is -2.39. The summed E-state index contributed by atoms with van der Waals surface area (Å²) in [5.74, 6) is -1.03. The molecule has 2 amide bonds.